The fraction of sp³-hybridized carbons (Fsp3) is 0.895. The molecular weight excluding hydrogens is 616 g/mol. The zero-order valence-corrected chi connectivity index (χ0v) is 30.2. The third-order valence-corrected chi connectivity index (χ3v) is 8.90. The van der Waals surface area contributed by atoms with Crippen LogP contribution in [-0.2, 0) is 28.5 Å². The van der Waals surface area contributed by atoms with Crippen LogP contribution < -0.4 is 0 Å². The monoisotopic (exact) mass is 686 g/mol. The van der Waals surface area contributed by atoms with E-state index in [1.807, 2.05) is 0 Å². The van der Waals surface area contributed by atoms with Gasteiger partial charge in [0.1, 0.15) is 31.0 Å². The van der Waals surface area contributed by atoms with E-state index in [-0.39, 0.29) is 32.0 Å². The van der Waals surface area contributed by atoms with Crippen molar-refractivity contribution in [1.29, 1.82) is 0 Å². The Morgan fingerprint density at radius 3 is 1.69 bits per heavy atom. The van der Waals surface area contributed by atoms with Crippen LogP contribution in [0.1, 0.15) is 162 Å². The van der Waals surface area contributed by atoms with Gasteiger partial charge in [-0.05, 0) is 32.1 Å². The SMILES string of the molecule is CCCC/C=C/CCCCCCCCCCCC(=O)O[C@H](COC(=O)CCCCCCCCCC)CO[C@@H]1O[C@H](CO)[C@H](O)C(O)C1O. The lowest BCUT2D eigenvalue weighted by atomic mass is 9.99. The average molecular weight is 687 g/mol. The molecule has 4 N–H and O–H groups in total. The van der Waals surface area contributed by atoms with Crippen LogP contribution >= 0.6 is 0 Å². The summed E-state index contributed by atoms with van der Waals surface area (Å²) in [5.41, 5.74) is 0. The number of allylic oxidation sites excluding steroid dienone is 2. The maximum atomic E-state index is 12.7. The fourth-order valence-corrected chi connectivity index (χ4v) is 5.76. The van der Waals surface area contributed by atoms with Gasteiger partial charge < -0.3 is 39.4 Å². The minimum absolute atomic E-state index is 0.214. The molecule has 0 spiro atoms. The topological polar surface area (TPSA) is 152 Å². The smallest absolute Gasteiger partial charge is 0.306 e. The summed E-state index contributed by atoms with van der Waals surface area (Å²) >= 11 is 0. The first-order valence-corrected chi connectivity index (χ1v) is 19.3. The average Bonchev–Trinajstić information content (AvgIpc) is 3.08. The van der Waals surface area contributed by atoms with E-state index < -0.39 is 49.4 Å². The molecule has 1 saturated heterocycles. The quantitative estimate of drug-likeness (QED) is 0.0347. The lowest BCUT2D eigenvalue weighted by Gasteiger charge is -2.39. The molecule has 0 amide bonds. The normalized spacial score (nSPS) is 21.8. The maximum Gasteiger partial charge on any atom is 0.306 e. The summed E-state index contributed by atoms with van der Waals surface area (Å²) in [5, 5.41) is 39.8. The highest BCUT2D eigenvalue weighted by molar-refractivity contribution is 5.70. The second kappa shape index (κ2) is 30.3. The molecule has 0 aromatic rings. The third kappa shape index (κ3) is 22.2. The second-order valence-electron chi connectivity index (χ2n) is 13.4. The predicted octanol–water partition coefficient (Wildman–Crippen LogP) is 6.83. The van der Waals surface area contributed by atoms with E-state index in [0.717, 1.165) is 38.5 Å². The Hall–Kier alpha value is -1.56. The minimum atomic E-state index is -1.59. The van der Waals surface area contributed by atoms with Gasteiger partial charge in [0.25, 0.3) is 0 Å². The number of aliphatic hydroxyl groups is 4. The van der Waals surface area contributed by atoms with Crippen molar-refractivity contribution in [1.82, 2.24) is 0 Å². The molecule has 1 aliphatic heterocycles. The lowest BCUT2D eigenvalue weighted by molar-refractivity contribution is -0.305. The number of ether oxygens (including phenoxy) is 4. The summed E-state index contributed by atoms with van der Waals surface area (Å²) in [6.07, 6.45) is 20.9. The Morgan fingerprint density at radius 1 is 0.625 bits per heavy atom. The molecule has 10 nitrogen and oxygen atoms in total. The minimum Gasteiger partial charge on any atom is -0.462 e. The van der Waals surface area contributed by atoms with Gasteiger partial charge in [-0.3, -0.25) is 9.59 Å². The lowest BCUT2D eigenvalue weighted by Crippen LogP contribution is -2.59. The van der Waals surface area contributed by atoms with Crippen molar-refractivity contribution in [3.63, 3.8) is 0 Å². The highest BCUT2D eigenvalue weighted by atomic mass is 16.7. The molecule has 0 bridgehead atoms. The number of carbonyl (C=O) groups is 2. The maximum absolute atomic E-state index is 12.7. The number of hydrogen-bond acceptors (Lipinski definition) is 10. The molecule has 6 atom stereocenters. The van der Waals surface area contributed by atoms with Gasteiger partial charge in [-0.25, -0.2) is 0 Å². The van der Waals surface area contributed by atoms with Gasteiger partial charge in [0.2, 0.25) is 0 Å². The molecule has 282 valence electrons. The molecule has 0 aliphatic carbocycles. The van der Waals surface area contributed by atoms with Gasteiger partial charge in [-0.15, -0.1) is 0 Å². The van der Waals surface area contributed by atoms with Gasteiger partial charge in [-0.1, -0.05) is 129 Å². The summed E-state index contributed by atoms with van der Waals surface area (Å²) in [5.74, 6) is -0.811. The molecule has 1 heterocycles. The van der Waals surface area contributed by atoms with E-state index in [1.54, 1.807) is 0 Å². The number of carbonyl (C=O) groups excluding carboxylic acids is 2. The number of rotatable bonds is 31. The summed E-state index contributed by atoms with van der Waals surface area (Å²) in [7, 11) is 0. The fourth-order valence-electron chi connectivity index (χ4n) is 5.76. The number of unbranched alkanes of at least 4 members (excludes halogenated alkanes) is 18. The zero-order valence-electron chi connectivity index (χ0n) is 30.2. The van der Waals surface area contributed by atoms with Crippen molar-refractivity contribution >= 4 is 11.9 Å². The highest BCUT2D eigenvalue weighted by Crippen LogP contribution is 2.22. The van der Waals surface area contributed by atoms with Crippen LogP contribution in [0.5, 0.6) is 0 Å². The number of aliphatic hydroxyl groups excluding tert-OH is 4. The van der Waals surface area contributed by atoms with Crippen molar-refractivity contribution in [2.24, 2.45) is 0 Å². The summed E-state index contributed by atoms with van der Waals surface area (Å²) in [6, 6.07) is 0. The highest BCUT2D eigenvalue weighted by Gasteiger charge is 2.44. The van der Waals surface area contributed by atoms with E-state index in [2.05, 4.69) is 26.0 Å². The molecule has 1 fully saturated rings. The van der Waals surface area contributed by atoms with Gasteiger partial charge in [-0.2, -0.15) is 0 Å². The first-order valence-electron chi connectivity index (χ1n) is 19.3. The van der Waals surface area contributed by atoms with Crippen LogP contribution in [-0.4, -0.2) is 89.0 Å². The summed E-state index contributed by atoms with van der Waals surface area (Å²) in [4.78, 5) is 25.1. The van der Waals surface area contributed by atoms with Crippen molar-refractivity contribution < 1.29 is 49.0 Å². The standard InChI is InChI=1S/C38H70O10/c1-3-5-7-9-11-13-14-15-16-17-18-19-21-23-25-27-34(41)47-31(29-45-33(40)26-24-22-20-12-10-8-6-4-2)30-46-38-37(44)36(43)35(42)32(28-39)48-38/h9,11,31-32,35-39,42-44H,3-8,10,12-30H2,1-2H3/b11-9+/t31-,32-,35+,36?,37?,38-/m1/s1. The molecule has 0 aromatic carbocycles. The third-order valence-electron chi connectivity index (χ3n) is 8.90. The molecule has 2 unspecified atom stereocenters. The van der Waals surface area contributed by atoms with Crippen molar-refractivity contribution in [3.8, 4) is 0 Å². The van der Waals surface area contributed by atoms with Crippen LogP contribution in [0, 0.1) is 0 Å². The second-order valence-corrected chi connectivity index (χ2v) is 13.4. The largest absolute Gasteiger partial charge is 0.462 e. The molecular formula is C38H70O10. The summed E-state index contributed by atoms with van der Waals surface area (Å²) < 4.78 is 22.0. The van der Waals surface area contributed by atoms with Crippen molar-refractivity contribution in [2.75, 3.05) is 19.8 Å². The first-order chi connectivity index (χ1) is 23.3. The Labute approximate surface area is 291 Å². The molecule has 10 heteroatoms. The van der Waals surface area contributed by atoms with Crippen molar-refractivity contribution in [3.05, 3.63) is 12.2 Å². The van der Waals surface area contributed by atoms with E-state index in [4.69, 9.17) is 18.9 Å². The molecule has 48 heavy (non-hydrogen) atoms. The number of hydrogen-bond donors (Lipinski definition) is 4. The van der Waals surface area contributed by atoms with Crippen LogP contribution in [0.4, 0.5) is 0 Å². The van der Waals surface area contributed by atoms with E-state index >= 15 is 0 Å². The zero-order chi connectivity index (χ0) is 35.2. The summed E-state index contributed by atoms with van der Waals surface area (Å²) in [6.45, 7) is 3.34. The predicted molar refractivity (Wildman–Crippen MR) is 187 cm³/mol. The van der Waals surface area contributed by atoms with Gasteiger partial charge in [0.05, 0.1) is 13.2 Å². The Bertz CT molecular complexity index is 804. The van der Waals surface area contributed by atoms with Gasteiger partial charge in [0, 0.05) is 12.8 Å². The molecule has 0 aromatic heterocycles. The first kappa shape index (κ1) is 44.5. The molecule has 1 rings (SSSR count). The Balaban J connectivity index is 2.37. The van der Waals surface area contributed by atoms with E-state index in [0.29, 0.717) is 6.42 Å². The van der Waals surface area contributed by atoms with Crippen LogP contribution in [0.15, 0.2) is 12.2 Å². The van der Waals surface area contributed by atoms with E-state index in [1.165, 1.54) is 89.9 Å². The number of esters is 2. The van der Waals surface area contributed by atoms with E-state index in [9.17, 15) is 30.0 Å². The van der Waals surface area contributed by atoms with Crippen LogP contribution in [0.3, 0.4) is 0 Å². The Morgan fingerprint density at radius 2 is 1.12 bits per heavy atom. The van der Waals surface area contributed by atoms with Crippen LogP contribution in [0.2, 0.25) is 0 Å². The Kier molecular flexibility index (Phi) is 28.0. The van der Waals surface area contributed by atoms with Gasteiger partial charge in [0.15, 0.2) is 12.4 Å². The van der Waals surface area contributed by atoms with Gasteiger partial charge >= 0.3 is 11.9 Å². The van der Waals surface area contributed by atoms with Crippen molar-refractivity contribution in [2.45, 2.75) is 198 Å². The molecule has 1 aliphatic rings. The molecule has 0 saturated carbocycles. The van der Waals surface area contributed by atoms with Crippen LogP contribution in [0.25, 0.3) is 0 Å². The molecule has 0 radical (unpaired) electrons.